The van der Waals surface area contributed by atoms with Crippen LogP contribution in [0.25, 0.3) is 11.1 Å². The fraction of sp³-hybridized carbons (Fsp3) is 0.487. The van der Waals surface area contributed by atoms with Crippen molar-refractivity contribution in [2.24, 2.45) is 23.2 Å². The first-order valence-corrected chi connectivity index (χ1v) is 17.8. The van der Waals surface area contributed by atoms with E-state index in [1.165, 1.54) is 7.11 Å². The van der Waals surface area contributed by atoms with E-state index in [1.54, 1.807) is 17.4 Å². The fourth-order valence-electron chi connectivity index (χ4n) is 7.44. The summed E-state index contributed by atoms with van der Waals surface area (Å²) in [5.41, 5.74) is 5.96. The monoisotopic (exact) mass is 715 g/mol. The molecule has 3 heterocycles. The number of alkyl carbamates (subject to hydrolysis) is 2. The lowest BCUT2D eigenvalue weighted by atomic mass is 9.86. The maximum atomic E-state index is 13.8. The lowest BCUT2D eigenvalue weighted by molar-refractivity contribution is -0.169. The largest absolute Gasteiger partial charge is 0.453 e. The van der Waals surface area contributed by atoms with Gasteiger partial charge in [0.15, 0.2) is 6.29 Å². The maximum absolute atomic E-state index is 13.8. The first kappa shape index (κ1) is 37.2. The van der Waals surface area contributed by atoms with E-state index >= 15 is 0 Å². The number of aliphatic hydroxyl groups is 1. The Balaban J connectivity index is 1.21. The quantitative estimate of drug-likeness (QED) is 0.190. The summed E-state index contributed by atoms with van der Waals surface area (Å²) >= 11 is 0. The van der Waals surface area contributed by atoms with Crippen molar-refractivity contribution < 1.29 is 38.4 Å². The Morgan fingerprint density at radius 3 is 2.37 bits per heavy atom. The molecule has 1 aliphatic carbocycles. The predicted octanol–water partition coefficient (Wildman–Crippen LogP) is 4.06. The second kappa shape index (κ2) is 16.4. The van der Waals surface area contributed by atoms with Gasteiger partial charge in [-0.25, -0.2) is 14.6 Å². The molecule has 4 N–H and O–H groups in total. The molecule has 278 valence electrons. The summed E-state index contributed by atoms with van der Waals surface area (Å²) in [5.74, 6) is -0.104. The van der Waals surface area contributed by atoms with Crippen LogP contribution in [-0.4, -0.2) is 90.6 Å². The van der Waals surface area contributed by atoms with Gasteiger partial charge in [0.2, 0.25) is 0 Å². The van der Waals surface area contributed by atoms with Gasteiger partial charge in [-0.05, 0) is 46.6 Å². The molecule has 0 radical (unpaired) electrons. The van der Waals surface area contributed by atoms with Crippen LogP contribution in [0.2, 0.25) is 0 Å². The van der Waals surface area contributed by atoms with E-state index in [0.717, 1.165) is 28.7 Å². The summed E-state index contributed by atoms with van der Waals surface area (Å²) < 4.78 is 22.5. The van der Waals surface area contributed by atoms with E-state index in [4.69, 9.17) is 18.9 Å². The molecule has 1 saturated carbocycles. The van der Waals surface area contributed by atoms with Gasteiger partial charge in [0.05, 0.1) is 32.5 Å². The lowest BCUT2D eigenvalue weighted by Crippen LogP contribution is -2.59. The van der Waals surface area contributed by atoms with Crippen molar-refractivity contribution >= 4 is 18.1 Å². The third-order valence-electron chi connectivity index (χ3n) is 10.2. The topological polar surface area (TPSA) is 161 Å². The second-order valence-corrected chi connectivity index (χ2v) is 15.0. The Kier molecular flexibility index (Phi) is 11.7. The number of benzene rings is 2. The number of hydrazine groups is 1. The van der Waals surface area contributed by atoms with Gasteiger partial charge in [0.25, 0.3) is 5.91 Å². The first-order valence-electron chi connectivity index (χ1n) is 17.8. The molecule has 6 rings (SSSR count). The molecule has 2 bridgehead atoms. The summed E-state index contributed by atoms with van der Waals surface area (Å²) in [6, 6.07) is 19.5. The Morgan fingerprint density at radius 1 is 0.923 bits per heavy atom. The molecular weight excluding hydrogens is 666 g/mol. The highest BCUT2D eigenvalue weighted by molar-refractivity contribution is 5.86. The molecule has 5 unspecified atom stereocenters. The normalized spacial score (nSPS) is 23.7. The summed E-state index contributed by atoms with van der Waals surface area (Å²) in [6.45, 7) is 6.60. The highest BCUT2D eigenvalue weighted by Crippen LogP contribution is 2.49. The number of hydrogen-bond donors (Lipinski definition) is 4. The van der Waals surface area contributed by atoms with Crippen LogP contribution in [-0.2, 0) is 36.7 Å². The van der Waals surface area contributed by atoms with E-state index in [-0.39, 0.29) is 43.2 Å². The molecule has 0 spiro atoms. The molecule has 2 saturated heterocycles. The van der Waals surface area contributed by atoms with E-state index in [0.29, 0.717) is 19.6 Å². The predicted molar refractivity (Wildman–Crippen MR) is 191 cm³/mol. The molecule has 3 aromatic rings. The third-order valence-corrected chi connectivity index (χ3v) is 10.2. The van der Waals surface area contributed by atoms with Crippen molar-refractivity contribution in [3.8, 4) is 11.1 Å². The van der Waals surface area contributed by atoms with E-state index in [1.807, 2.05) is 87.5 Å². The third kappa shape index (κ3) is 9.08. The Morgan fingerprint density at radius 2 is 1.67 bits per heavy atom. The molecule has 3 fully saturated rings. The number of aromatic nitrogens is 1. The molecule has 1 aromatic heterocycles. The minimum Gasteiger partial charge on any atom is -0.453 e. The highest BCUT2D eigenvalue weighted by Gasteiger charge is 2.56. The SMILES string of the molecule is COC(=O)N[C@H](C(=O)NN(Cc1ccc(-c2cccnc2)cc1)C[C@H](O)[C@H](Cc1ccccc1)NC(=O)OC1C2COC3OCC1C3C2)C(C)(C)C. The first-order chi connectivity index (χ1) is 25.0. The van der Waals surface area contributed by atoms with Gasteiger partial charge in [0, 0.05) is 43.2 Å². The molecule has 8 atom stereocenters. The van der Waals surface area contributed by atoms with Crippen LogP contribution in [0, 0.1) is 23.2 Å². The zero-order valence-electron chi connectivity index (χ0n) is 30.1. The van der Waals surface area contributed by atoms with Gasteiger partial charge < -0.3 is 34.7 Å². The average Bonchev–Trinajstić information content (AvgIpc) is 3.67. The molecule has 52 heavy (non-hydrogen) atoms. The second-order valence-electron chi connectivity index (χ2n) is 15.0. The Labute approximate surface area is 304 Å². The minimum atomic E-state index is -1.16. The van der Waals surface area contributed by atoms with Crippen LogP contribution >= 0.6 is 0 Å². The lowest BCUT2D eigenvalue weighted by Gasteiger charge is -2.34. The van der Waals surface area contributed by atoms with Crippen LogP contribution in [0.3, 0.4) is 0 Å². The standard InChI is InChI=1S/C39H49N5O8/c1-39(2,3)34(42-37(47)49-4)35(46)43-44(20-25-12-14-26(15-13-25)27-11-8-16-40-19-27)21-32(45)31(17-24-9-6-5-7-10-24)41-38(48)52-33-28-18-29-30(33)23-51-36(29)50-22-28/h5-16,19,28-34,36,45H,17-18,20-23H2,1-4H3,(H,41,48)(H,42,47)(H,43,46)/t28?,29?,30?,31-,32-,33?,34+,36?/m0/s1. The van der Waals surface area contributed by atoms with Gasteiger partial charge in [0.1, 0.15) is 12.1 Å². The van der Waals surface area contributed by atoms with Crippen LogP contribution in [0.5, 0.6) is 0 Å². The molecule has 2 aromatic carbocycles. The number of ether oxygens (including phenoxy) is 4. The summed E-state index contributed by atoms with van der Waals surface area (Å²) in [7, 11) is 1.24. The van der Waals surface area contributed by atoms with Crippen molar-refractivity contribution in [1.82, 2.24) is 26.1 Å². The number of aliphatic hydroxyl groups excluding tert-OH is 1. The van der Waals surface area contributed by atoms with E-state index < -0.39 is 41.7 Å². The number of methoxy groups -OCH3 is 1. The van der Waals surface area contributed by atoms with Gasteiger partial charge in [-0.15, -0.1) is 0 Å². The number of rotatable bonds is 13. The van der Waals surface area contributed by atoms with Crippen molar-refractivity contribution in [2.75, 3.05) is 26.9 Å². The number of amides is 3. The number of nitrogens with one attached hydrogen (secondary N) is 3. The molecule has 3 aliphatic rings. The van der Waals surface area contributed by atoms with Gasteiger partial charge in [-0.3, -0.25) is 15.2 Å². The van der Waals surface area contributed by atoms with Gasteiger partial charge >= 0.3 is 12.2 Å². The van der Waals surface area contributed by atoms with Crippen molar-refractivity contribution in [3.05, 3.63) is 90.3 Å². The summed E-state index contributed by atoms with van der Waals surface area (Å²) in [5, 5.41) is 19.1. The maximum Gasteiger partial charge on any atom is 0.407 e. The smallest absolute Gasteiger partial charge is 0.407 e. The number of carbonyl (C=O) groups excluding carboxylic acids is 3. The highest BCUT2D eigenvalue weighted by atomic mass is 16.7. The zero-order valence-corrected chi connectivity index (χ0v) is 30.1. The molecular formula is C39H49N5O8. The minimum absolute atomic E-state index is 0.0664. The van der Waals surface area contributed by atoms with Crippen molar-refractivity contribution in [2.45, 2.75) is 70.7 Å². The van der Waals surface area contributed by atoms with E-state index in [2.05, 4.69) is 21.0 Å². The number of nitrogens with zero attached hydrogens (tertiary/aromatic N) is 2. The molecule has 2 aliphatic heterocycles. The average molecular weight is 716 g/mol. The Bertz CT molecular complexity index is 1650. The zero-order chi connectivity index (χ0) is 36.8. The van der Waals surface area contributed by atoms with Crippen LogP contribution < -0.4 is 16.1 Å². The van der Waals surface area contributed by atoms with E-state index in [9.17, 15) is 19.5 Å². The van der Waals surface area contributed by atoms with Crippen molar-refractivity contribution in [1.29, 1.82) is 0 Å². The van der Waals surface area contributed by atoms with Crippen LogP contribution in [0.1, 0.15) is 38.3 Å². The van der Waals surface area contributed by atoms with Crippen LogP contribution in [0.15, 0.2) is 79.1 Å². The number of carbonyl (C=O) groups is 3. The van der Waals surface area contributed by atoms with Crippen LogP contribution in [0.4, 0.5) is 9.59 Å². The molecule has 13 nitrogen and oxygen atoms in total. The van der Waals surface area contributed by atoms with Gasteiger partial charge in [-0.1, -0.05) is 81.4 Å². The number of pyridine rings is 1. The fourth-order valence-corrected chi connectivity index (χ4v) is 7.44. The molecule has 13 heteroatoms. The molecule has 3 amide bonds. The van der Waals surface area contributed by atoms with Crippen molar-refractivity contribution in [3.63, 3.8) is 0 Å². The Hall–Kier alpha value is -4.56. The van der Waals surface area contributed by atoms with Gasteiger partial charge in [-0.2, -0.15) is 0 Å². The summed E-state index contributed by atoms with van der Waals surface area (Å²) in [6.07, 6.45) is 1.60. The summed E-state index contributed by atoms with van der Waals surface area (Å²) in [4.78, 5) is 43.8. The number of hydrogen-bond acceptors (Lipinski definition) is 10. The number of fused-ring (bicyclic) bond motifs is 1.